The molecule has 72 valence electrons. The number of rotatable bonds is 2. The molecule has 13 heavy (non-hydrogen) atoms. The van der Waals surface area contributed by atoms with Crippen LogP contribution in [0.3, 0.4) is 0 Å². The first-order valence-corrected chi connectivity index (χ1v) is 4.68. The van der Waals surface area contributed by atoms with Gasteiger partial charge in [-0.25, -0.2) is 0 Å². The van der Waals surface area contributed by atoms with Gasteiger partial charge in [-0.15, -0.1) is 12.3 Å². The van der Waals surface area contributed by atoms with E-state index in [-0.39, 0.29) is 0 Å². The van der Waals surface area contributed by atoms with Gasteiger partial charge in [0.15, 0.2) is 0 Å². The first-order valence-electron chi connectivity index (χ1n) is 4.68. The quantitative estimate of drug-likeness (QED) is 0.637. The fourth-order valence-electron chi connectivity index (χ4n) is 0.938. The predicted molar refractivity (Wildman–Crippen MR) is 56.5 cm³/mol. The Morgan fingerprint density at radius 3 is 2.62 bits per heavy atom. The van der Waals surface area contributed by atoms with Gasteiger partial charge < -0.3 is 0 Å². The van der Waals surface area contributed by atoms with Gasteiger partial charge in [0.05, 0.1) is 12.2 Å². The first-order chi connectivity index (χ1) is 6.24. The largest absolute Gasteiger partial charge is 0.269 e. The Labute approximate surface area is 81.0 Å². The van der Waals surface area contributed by atoms with Crippen LogP contribution in [0.4, 0.5) is 0 Å². The molecule has 0 N–H and O–H groups in total. The third-order valence-corrected chi connectivity index (χ3v) is 1.60. The maximum atomic E-state index is 5.18. The molecule has 1 atom stereocenters. The molecule has 1 aromatic rings. The van der Waals surface area contributed by atoms with Crippen LogP contribution in [0.2, 0.25) is 0 Å². The van der Waals surface area contributed by atoms with E-state index < -0.39 is 0 Å². The summed E-state index contributed by atoms with van der Waals surface area (Å²) in [5.41, 5.74) is 1.17. The molecule has 0 aliphatic rings. The fraction of sp³-hybridized carbons (Fsp3) is 0.545. The molecule has 0 aromatic carbocycles. The van der Waals surface area contributed by atoms with Gasteiger partial charge in [0, 0.05) is 12.6 Å². The summed E-state index contributed by atoms with van der Waals surface area (Å²) in [5.74, 6) is 2.61. The molecule has 0 saturated heterocycles. The summed E-state index contributed by atoms with van der Waals surface area (Å²) in [6.07, 6.45) is 9.76. The van der Waals surface area contributed by atoms with Gasteiger partial charge >= 0.3 is 0 Å². The zero-order valence-corrected chi connectivity index (χ0v) is 8.91. The van der Waals surface area contributed by atoms with Crippen molar-refractivity contribution < 1.29 is 0 Å². The summed E-state index contributed by atoms with van der Waals surface area (Å²) < 4.78 is 1.90. The molecule has 0 radical (unpaired) electrons. The second-order valence-corrected chi connectivity index (χ2v) is 2.75. The van der Waals surface area contributed by atoms with E-state index >= 15 is 0 Å². The summed E-state index contributed by atoms with van der Waals surface area (Å²) in [7, 11) is 0. The molecule has 0 amide bonds. The molecular formula is C11H18N2. The van der Waals surface area contributed by atoms with E-state index in [1.165, 1.54) is 5.56 Å². The lowest BCUT2D eigenvalue weighted by molar-refractivity contribution is 0.502. The van der Waals surface area contributed by atoms with Crippen LogP contribution < -0.4 is 0 Å². The minimum absolute atomic E-state index is 0.314. The SMILES string of the molecule is C#CCC(C)n1cc(C)cn1.CC. The number of aromatic nitrogens is 2. The van der Waals surface area contributed by atoms with Crippen molar-refractivity contribution in [3.8, 4) is 12.3 Å². The maximum absolute atomic E-state index is 5.18. The van der Waals surface area contributed by atoms with Crippen LogP contribution >= 0.6 is 0 Å². The molecule has 2 nitrogen and oxygen atoms in total. The molecule has 0 aliphatic heterocycles. The van der Waals surface area contributed by atoms with Crippen LogP contribution in [-0.4, -0.2) is 9.78 Å². The highest BCUT2D eigenvalue weighted by Gasteiger charge is 2.01. The molecule has 0 fully saturated rings. The highest BCUT2D eigenvalue weighted by Crippen LogP contribution is 2.08. The summed E-state index contributed by atoms with van der Waals surface area (Å²) in [4.78, 5) is 0. The smallest absolute Gasteiger partial charge is 0.0600 e. The van der Waals surface area contributed by atoms with Crippen molar-refractivity contribution in [2.45, 2.75) is 40.2 Å². The van der Waals surface area contributed by atoms with Crippen LogP contribution in [0, 0.1) is 19.3 Å². The second kappa shape index (κ2) is 6.30. The fourth-order valence-corrected chi connectivity index (χ4v) is 0.938. The van der Waals surface area contributed by atoms with Crippen molar-refractivity contribution in [3.05, 3.63) is 18.0 Å². The Hall–Kier alpha value is -1.23. The average molecular weight is 178 g/mol. The summed E-state index contributed by atoms with van der Waals surface area (Å²) in [6.45, 7) is 8.08. The van der Waals surface area contributed by atoms with E-state index in [1.807, 2.05) is 37.8 Å². The molecule has 0 bridgehead atoms. The zero-order chi connectivity index (χ0) is 10.3. The predicted octanol–water partition coefficient (Wildman–Crippen LogP) is 2.80. The summed E-state index contributed by atoms with van der Waals surface area (Å²) in [6, 6.07) is 0.314. The summed E-state index contributed by atoms with van der Waals surface area (Å²) in [5, 5.41) is 4.16. The van der Waals surface area contributed by atoms with Crippen LogP contribution in [-0.2, 0) is 0 Å². The summed E-state index contributed by atoms with van der Waals surface area (Å²) >= 11 is 0. The lowest BCUT2D eigenvalue weighted by Gasteiger charge is -2.06. The molecular weight excluding hydrogens is 160 g/mol. The van der Waals surface area contributed by atoms with Gasteiger partial charge in [0.2, 0.25) is 0 Å². The Morgan fingerprint density at radius 1 is 1.62 bits per heavy atom. The number of aryl methyl sites for hydroxylation is 1. The Balaban J connectivity index is 0.000000671. The molecule has 1 heterocycles. The van der Waals surface area contributed by atoms with Crippen molar-refractivity contribution >= 4 is 0 Å². The maximum Gasteiger partial charge on any atom is 0.0600 e. The van der Waals surface area contributed by atoms with Crippen molar-refractivity contribution in [3.63, 3.8) is 0 Å². The third-order valence-electron chi connectivity index (χ3n) is 1.60. The van der Waals surface area contributed by atoms with Crippen LogP contribution in [0.15, 0.2) is 12.4 Å². The van der Waals surface area contributed by atoms with E-state index in [4.69, 9.17) is 6.42 Å². The van der Waals surface area contributed by atoms with Crippen LogP contribution in [0.1, 0.15) is 38.8 Å². The number of terminal acetylenes is 1. The molecule has 1 aromatic heterocycles. The number of hydrogen-bond donors (Lipinski definition) is 0. The van der Waals surface area contributed by atoms with E-state index in [0.29, 0.717) is 6.04 Å². The molecule has 0 aliphatic carbocycles. The molecule has 1 unspecified atom stereocenters. The van der Waals surface area contributed by atoms with Gasteiger partial charge in [-0.1, -0.05) is 13.8 Å². The lowest BCUT2D eigenvalue weighted by atomic mass is 10.2. The Kier molecular flexibility index (Phi) is 5.71. The van der Waals surface area contributed by atoms with E-state index in [1.54, 1.807) is 0 Å². The Bertz CT molecular complexity index is 268. The van der Waals surface area contributed by atoms with E-state index in [0.717, 1.165) is 6.42 Å². The molecule has 1 rings (SSSR count). The molecule has 0 spiro atoms. The van der Waals surface area contributed by atoms with Crippen LogP contribution in [0.5, 0.6) is 0 Å². The van der Waals surface area contributed by atoms with E-state index in [9.17, 15) is 0 Å². The van der Waals surface area contributed by atoms with Gasteiger partial charge in [-0.3, -0.25) is 4.68 Å². The number of nitrogens with zero attached hydrogens (tertiary/aromatic N) is 2. The third kappa shape index (κ3) is 3.80. The van der Waals surface area contributed by atoms with Gasteiger partial charge in [-0.05, 0) is 19.4 Å². The molecule has 2 heteroatoms. The monoisotopic (exact) mass is 178 g/mol. The van der Waals surface area contributed by atoms with Crippen molar-refractivity contribution in [1.82, 2.24) is 9.78 Å². The standard InChI is InChI=1S/C9H12N2.C2H6/c1-4-5-9(3)11-7-8(2)6-10-11;1-2/h1,6-7,9H,5H2,2-3H3;1-2H3. The van der Waals surface area contributed by atoms with Crippen molar-refractivity contribution in [2.24, 2.45) is 0 Å². The van der Waals surface area contributed by atoms with Gasteiger partial charge in [-0.2, -0.15) is 5.10 Å². The highest BCUT2D eigenvalue weighted by atomic mass is 15.3. The van der Waals surface area contributed by atoms with Gasteiger partial charge in [0.1, 0.15) is 0 Å². The number of hydrogen-bond acceptors (Lipinski definition) is 1. The second-order valence-electron chi connectivity index (χ2n) is 2.75. The first kappa shape index (κ1) is 11.8. The normalized spacial score (nSPS) is 11.0. The zero-order valence-electron chi connectivity index (χ0n) is 8.91. The van der Waals surface area contributed by atoms with E-state index in [2.05, 4.69) is 17.9 Å². The van der Waals surface area contributed by atoms with Crippen LogP contribution in [0.25, 0.3) is 0 Å². The minimum atomic E-state index is 0.314. The molecule has 0 saturated carbocycles. The van der Waals surface area contributed by atoms with Crippen molar-refractivity contribution in [2.75, 3.05) is 0 Å². The minimum Gasteiger partial charge on any atom is -0.269 e. The lowest BCUT2D eigenvalue weighted by Crippen LogP contribution is -2.03. The Morgan fingerprint density at radius 2 is 2.23 bits per heavy atom. The topological polar surface area (TPSA) is 17.8 Å². The van der Waals surface area contributed by atoms with Crippen molar-refractivity contribution in [1.29, 1.82) is 0 Å². The average Bonchev–Trinajstić information content (AvgIpc) is 2.56. The van der Waals surface area contributed by atoms with Gasteiger partial charge in [0.25, 0.3) is 0 Å². The highest BCUT2D eigenvalue weighted by molar-refractivity contribution is 5.01.